The van der Waals surface area contributed by atoms with E-state index >= 15 is 0 Å². The van der Waals surface area contributed by atoms with Crippen LogP contribution in [-0.2, 0) is 16.0 Å². The van der Waals surface area contributed by atoms with Crippen molar-refractivity contribution in [3.8, 4) is 16.9 Å². The molecule has 5 rings (SSSR count). The molecular weight excluding hydrogens is 498 g/mol. The van der Waals surface area contributed by atoms with Gasteiger partial charge in [-0.1, -0.05) is 17.7 Å². The van der Waals surface area contributed by atoms with Crippen LogP contribution in [-0.4, -0.2) is 74.7 Å². The third-order valence-electron chi connectivity index (χ3n) is 8.05. The number of fused-ring (bicyclic) bond motifs is 3. The smallest absolute Gasteiger partial charge is 0.181 e. The second-order valence-corrected chi connectivity index (χ2v) is 10.6. The minimum atomic E-state index is -2.46. The quantitative estimate of drug-likeness (QED) is 0.228. The number of phenols is 1. The van der Waals surface area contributed by atoms with Crippen LogP contribution in [0.5, 0.6) is 5.75 Å². The maximum Gasteiger partial charge on any atom is 0.181 e. The van der Waals surface area contributed by atoms with E-state index < -0.39 is 64.2 Å². The highest BCUT2D eigenvalue weighted by molar-refractivity contribution is 6.36. The van der Waals surface area contributed by atoms with Crippen LogP contribution in [0.4, 0.5) is 0 Å². The molecule has 0 radical (unpaired) electrons. The Kier molecular flexibility index (Phi) is 5.82. The van der Waals surface area contributed by atoms with Gasteiger partial charge in [-0.15, -0.1) is 0 Å². The van der Waals surface area contributed by atoms with Gasteiger partial charge >= 0.3 is 0 Å². The summed E-state index contributed by atoms with van der Waals surface area (Å²) in [7, 11) is 3.23. The summed E-state index contributed by atoms with van der Waals surface area (Å²) in [6, 6.07) is 3.84. The highest BCUT2D eigenvalue weighted by Gasteiger charge is 2.67. The Morgan fingerprint density at radius 3 is 2.59 bits per heavy atom. The predicted molar refractivity (Wildman–Crippen MR) is 135 cm³/mol. The Labute approximate surface area is 217 Å². The zero-order chi connectivity index (χ0) is 27.0. The lowest BCUT2D eigenvalue weighted by atomic mass is 9.52. The second kappa shape index (κ2) is 8.54. The van der Waals surface area contributed by atoms with Crippen LogP contribution >= 0.6 is 11.6 Å². The van der Waals surface area contributed by atoms with Gasteiger partial charge in [0.15, 0.2) is 23.0 Å². The molecule has 1 heterocycles. The molecule has 2 saturated carbocycles. The van der Waals surface area contributed by atoms with Crippen LogP contribution < -0.4 is 5.73 Å². The van der Waals surface area contributed by atoms with Crippen molar-refractivity contribution in [2.24, 2.45) is 29.4 Å². The fourth-order valence-electron chi connectivity index (χ4n) is 6.46. The molecule has 3 aliphatic carbocycles. The summed E-state index contributed by atoms with van der Waals surface area (Å²) in [4.78, 5) is 46.5. The molecule has 11 heteroatoms. The van der Waals surface area contributed by atoms with Crippen molar-refractivity contribution < 1.29 is 24.6 Å². The SMILES string of the molecule is CN(C)C1C(=O)C(C(=N)N)C(=N)C2(O)C(=O)C3C(=O)c4c(O)cc(-c5cccnc5)c(Cl)c4CC3CC12. The molecule has 2 fully saturated rings. The number of carbonyl (C=O) groups is 3. The summed E-state index contributed by atoms with van der Waals surface area (Å²) in [6.07, 6.45) is 3.41. The van der Waals surface area contributed by atoms with E-state index in [2.05, 4.69) is 4.98 Å². The molecule has 1 aromatic carbocycles. The molecule has 6 N–H and O–H groups in total. The number of benzene rings is 1. The number of nitrogens with two attached hydrogens (primary N) is 1. The van der Waals surface area contributed by atoms with Gasteiger partial charge in [0.1, 0.15) is 17.5 Å². The molecule has 10 nitrogen and oxygen atoms in total. The molecule has 0 amide bonds. The predicted octanol–water partition coefficient (Wildman–Crippen LogP) is 1.48. The van der Waals surface area contributed by atoms with Gasteiger partial charge in [0.25, 0.3) is 0 Å². The number of aliphatic hydroxyl groups is 1. The first kappa shape index (κ1) is 25.2. The number of likely N-dealkylation sites (N-methyl/N-ethyl adjacent to an activating group) is 1. The molecule has 0 bridgehead atoms. The van der Waals surface area contributed by atoms with Crippen LogP contribution in [0.15, 0.2) is 30.6 Å². The number of phenolic OH excluding ortho intramolecular Hbond substituents is 1. The molecule has 1 aromatic heterocycles. The standard InChI is InChI=1S/C26H26ClN5O5/c1-32(2)20-14-7-11-6-13-17(15(33)8-12(19(13)27)10-4-3-5-31-9-10)21(34)16(11)24(36)26(14,37)23(28)18(22(20)35)25(29)30/h3-5,8-9,11,14,16,18,20,28,33,37H,6-7H2,1-2H3,(H3,29,30). The molecule has 3 aliphatic rings. The van der Waals surface area contributed by atoms with E-state index in [9.17, 15) is 24.6 Å². The third-order valence-corrected chi connectivity index (χ3v) is 8.49. The molecule has 2 aromatic rings. The fraction of sp³-hybridized carbons (Fsp3) is 0.385. The Bertz CT molecular complexity index is 1390. The largest absolute Gasteiger partial charge is 0.507 e. The first-order chi connectivity index (χ1) is 17.4. The number of Topliss-reactive ketones (excluding diaryl/α,β-unsaturated/α-hetero) is 3. The molecule has 37 heavy (non-hydrogen) atoms. The number of halogens is 1. The van der Waals surface area contributed by atoms with Crippen molar-refractivity contribution in [3.05, 3.63) is 46.7 Å². The van der Waals surface area contributed by atoms with E-state index in [-0.39, 0.29) is 29.2 Å². The van der Waals surface area contributed by atoms with Crippen molar-refractivity contribution in [2.75, 3.05) is 14.1 Å². The lowest BCUT2D eigenvalue weighted by molar-refractivity contribution is -0.155. The van der Waals surface area contributed by atoms with E-state index in [1.165, 1.54) is 6.07 Å². The van der Waals surface area contributed by atoms with Crippen LogP contribution in [0.1, 0.15) is 22.3 Å². The lowest BCUT2D eigenvalue weighted by Crippen LogP contribution is -2.73. The number of aromatic hydroxyl groups is 1. The number of amidine groups is 1. The van der Waals surface area contributed by atoms with Crippen molar-refractivity contribution in [3.63, 3.8) is 0 Å². The number of hydrogen-bond acceptors (Lipinski definition) is 9. The van der Waals surface area contributed by atoms with Gasteiger partial charge in [-0.05, 0) is 50.6 Å². The average Bonchev–Trinajstić information content (AvgIpc) is 2.83. The summed E-state index contributed by atoms with van der Waals surface area (Å²) in [5.41, 5.74) is 3.93. The van der Waals surface area contributed by atoms with Gasteiger partial charge in [-0.3, -0.25) is 29.7 Å². The first-order valence-corrected chi connectivity index (χ1v) is 12.2. The Morgan fingerprint density at radius 2 is 2.00 bits per heavy atom. The van der Waals surface area contributed by atoms with Crippen molar-refractivity contribution in [1.29, 1.82) is 10.8 Å². The van der Waals surface area contributed by atoms with Crippen molar-refractivity contribution >= 4 is 40.5 Å². The molecule has 6 atom stereocenters. The molecular formula is C26H26ClN5O5. The van der Waals surface area contributed by atoms with E-state index in [4.69, 9.17) is 28.2 Å². The van der Waals surface area contributed by atoms with Crippen molar-refractivity contribution in [2.45, 2.75) is 24.5 Å². The van der Waals surface area contributed by atoms with Crippen molar-refractivity contribution in [1.82, 2.24) is 9.88 Å². The maximum absolute atomic E-state index is 13.9. The summed E-state index contributed by atoms with van der Waals surface area (Å²) in [5, 5.41) is 39.3. The number of rotatable bonds is 3. The van der Waals surface area contributed by atoms with Gasteiger partial charge in [0.05, 0.1) is 28.3 Å². The Morgan fingerprint density at radius 1 is 1.30 bits per heavy atom. The number of nitrogens with zero attached hydrogens (tertiary/aromatic N) is 2. The van der Waals surface area contributed by atoms with Crippen LogP contribution in [0.2, 0.25) is 5.02 Å². The normalized spacial score (nSPS) is 31.1. The second-order valence-electron chi connectivity index (χ2n) is 10.2. The number of ketones is 3. The van der Waals surface area contributed by atoms with E-state index in [0.717, 1.165) is 0 Å². The van der Waals surface area contributed by atoms with Crippen LogP contribution in [0.25, 0.3) is 11.1 Å². The number of nitrogens with one attached hydrogen (secondary N) is 2. The van der Waals surface area contributed by atoms with Gasteiger partial charge in [-0.2, -0.15) is 0 Å². The van der Waals surface area contributed by atoms with Gasteiger partial charge < -0.3 is 21.4 Å². The summed E-state index contributed by atoms with van der Waals surface area (Å²) in [5.74, 6) is -7.67. The Balaban J connectivity index is 1.65. The molecule has 6 unspecified atom stereocenters. The van der Waals surface area contributed by atoms with Gasteiger partial charge in [0.2, 0.25) is 0 Å². The topological polar surface area (TPSA) is 182 Å². The molecule has 192 valence electrons. The highest BCUT2D eigenvalue weighted by atomic mass is 35.5. The van der Waals surface area contributed by atoms with E-state index in [0.29, 0.717) is 16.7 Å². The number of pyridine rings is 1. The number of hydrogen-bond donors (Lipinski definition) is 5. The monoisotopic (exact) mass is 523 g/mol. The lowest BCUT2D eigenvalue weighted by Gasteiger charge is -2.54. The zero-order valence-corrected chi connectivity index (χ0v) is 20.9. The summed E-state index contributed by atoms with van der Waals surface area (Å²) >= 11 is 6.75. The average molecular weight is 524 g/mol. The minimum Gasteiger partial charge on any atom is -0.507 e. The number of carbonyl (C=O) groups excluding carboxylic acids is 3. The van der Waals surface area contributed by atoms with Crippen LogP contribution in [0.3, 0.4) is 0 Å². The van der Waals surface area contributed by atoms with Gasteiger partial charge in [-0.25, -0.2) is 0 Å². The van der Waals surface area contributed by atoms with Gasteiger partial charge in [0, 0.05) is 29.4 Å². The first-order valence-electron chi connectivity index (χ1n) is 11.8. The molecule has 0 saturated heterocycles. The Hall–Kier alpha value is -3.47. The molecule has 0 aliphatic heterocycles. The third kappa shape index (κ3) is 3.39. The zero-order valence-electron chi connectivity index (χ0n) is 20.2. The fourth-order valence-corrected chi connectivity index (χ4v) is 6.80. The summed E-state index contributed by atoms with van der Waals surface area (Å²) < 4.78 is 0. The van der Waals surface area contributed by atoms with E-state index in [1.54, 1.807) is 43.5 Å². The van der Waals surface area contributed by atoms with Crippen LogP contribution in [0, 0.1) is 34.5 Å². The maximum atomic E-state index is 13.9. The summed E-state index contributed by atoms with van der Waals surface area (Å²) in [6.45, 7) is 0. The minimum absolute atomic E-state index is 0.0773. The number of aromatic nitrogens is 1. The highest BCUT2D eigenvalue weighted by Crippen LogP contribution is 2.52. The molecule has 0 spiro atoms. The van der Waals surface area contributed by atoms with E-state index in [1.807, 2.05) is 0 Å².